The number of imide groups is 1. The zero-order valence-electron chi connectivity index (χ0n) is 11.4. The van der Waals surface area contributed by atoms with E-state index in [0.29, 0.717) is 5.56 Å². The first-order valence-electron chi connectivity index (χ1n) is 6.06. The van der Waals surface area contributed by atoms with Crippen LogP contribution >= 0.6 is 17.0 Å². The van der Waals surface area contributed by atoms with Crippen LogP contribution in [0.25, 0.3) is 0 Å². The molecule has 0 aliphatic rings. The molecular formula is C15H15BrN2O3. The number of hydrogen-bond donors (Lipinski definition) is 1. The Morgan fingerprint density at radius 3 is 2.48 bits per heavy atom. The van der Waals surface area contributed by atoms with Gasteiger partial charge >= 0.3 is 0 Å². The van der Waals surface area contributed by atoms with E-state index in [-0.39, 0.29) is 29.3 Å². The third kappa shape index (κ3) is 5.00. The summed E-state index contributed by atoms with van der Waals surface area (Å²) < 4.78 is 5.03. The number of amides is 2. The van der Waals surface area contributed by atoms with Gasteiger partial charge in [0, 0.05) is 12.4 Å². The number of pyridine rings is 1. The van der Waals surface area contributed by atoms with Gasteiger partial charge in [-0.2, -0.15) is 0 Å². The summed E-state index contributed by atoms with van der Waals surface area (Å²) in [6.45, 7) is 0. The molecule has 6 heteroatoms. The van der Waals surface area contributed by atoms with Crippen molar-refractivity contribution in [3.05, 3.63) is 59.9 Å². The molecule has 0 bridgehead atoms. The van der Waals surface area contributed by atoms with Crippen LogP contribution in [0.4, 0.5) is 0 Å². The van der Waals surface area contributed by atoms with Gasteiger partial charge in [-0.1, -0.05) is 12.1 Å². The third-order valence-corrected chi connectivity index (χ3v) is 2.70. The Morgan fingerprint density at radius 1 is 1.19 bits per heavy atom. The predicted molar refractivity (Wildman–Crippen MR) is 83.7 cm³/mol. The molecule has 2 aromatic rings. The van der Waals surface area contributed by atoms with Crippen molar-refractivity contribution in [3.8, 4) is 5.75 Å². The molecule has 0 unspecified atom stereocenters. The summed E-state index contributed by atoms with van der Waals surface area (Å²) in [6.07, 6.45) is 3.11. The number of benzene rings is 1. The summed E-state index contributed by atoms with van der Waals surface area (Å²) in [5.41, 5.74) is 1.16. The number of ether oxygens (including phenoxy) is 1. The number of carbonyl (C=O) groups excluding carboxylic acids is 2. The number of nitrogens with one attached hydrogen (secondary N) is 1. The number of hydrogen-bond acceptors (Lipinski definition) is 4. The van der Waals surface area contributed by atoms with E-state index in [9.17, 15) is 9.59 Å². The first kappa shape index (κ1) is 16.8. The van der Waals surface area contributed by atoms with E-state index in [1.54, 1.807) is 49.7 Å². The molecule has 0 aliphatic carbocycles. The second kappa shape index (κ2) is 8.16. The zero-order chi connectivity index (χ0) is 14.4. The number of halogens is 1. The lowest BCUT2D eigenvalue weighted by Gasteiger charge is -2.05. The van der Waals surface area contributed by atoms with Crippen molar-refractivity contribution >= 4 is 28.8 Å². The summed E-state index contributed by atoms with van der Waals surface area (Å²) in [4.78, 5) is 27.4. The minimum atomic E-state index is -0.448. The van der Waals surface area contributed by atoms with Gasteiger partial charge in [-0.05, 0) is 29.8 Å². The van der Waals surface area contributed by atoms with Crippen molar-refractivity contribution < 1.29 is 14.3 Å². The van der Waals surface area contributed by atoms with Crippen LogP contribution in [-0.2, 0) is 11.2 Å². The molecule has 1 N–H and O–H groups in total. The summed E-state index contributed by atoms with van der Waals surface area (Å²) in [5, 5.41) is 2.32. The Kier molecular flexibility index (Phi) is 6.55. The van der Waals surface area contributed by atoms with Crippen LogP contribution in [-0.4, -0.2) is 23.9 Å². The average Bonchev–Trinajstić information content (AvgIpc) is 2.49. The zero-order valence-corrected chi connectivity index (χ0v) is 13.1. The van der Waals surface area contributed by atoms with Gasteiger partial charge in [0.1, 0.15) is 5.75 Å². The standard InChI is InChI=1S/C15H14N2O3.BrH/c1-20-13-6-4-11(5-7-13)9-14(18)17-15(19)12-3-2-8-16-10-12;/h2-8,10H,9H2,1H3,(H,17,18,19);1H. The molecule has 0 spiro atoms. The van der Waals surface area contributed by atoms with Crippen LogP contribution in [0, 0.1) is 0 Å². The molecule has 0 aliphatic heterocycles. The van der Waals surface area contributed by atoms with E-state index in [1.807, 2.05) is 0 Å². The SMILES string of the molecule is Br.COc1ccc(CC(=O)NC(=O)c2cccnc2)cc1. The van der Waals surface area contributed by atoms with Crippen LogP contribution < -0.4 is 10.1 Å². The highest BCUT2D eigenvalue weighted by Gasteiger charge is 2.10. The van der Waals surface area contributed by atoms with Gasteiger partial charge in [0.05, 0.1) is 19.1 Å². The van der Waals surface area contributed by atoms with Crippen LogP contribution in [0.1, 0.15) is 15.9 Å². The first-order chi connectivity index (χ1) is 9.69. The van der Waals surface area contributed by atoms with E-state index in [2.05, 4.69) is 10.3 Å². The Hall–Kier alpha value is -2.21. The van der Waals surface area contributed by atoms with Crippen molar-refractivity contribution in [2.24, 2.45) is 0 Å². The highest BCUT2D eigenvalue weighted by atomic mass is 79.9. The van der Waals surface area contributed by atoms with Crippen LogP contribution in [0.2, 0.25) is 0 Å². The summed E-state index contributed by atoms with van der Waals surface area (Å²) in [7, 11) is 1.58. The van der Waals surface area contributed by atoms with Gasteiger partial charge < -0.3 is 4.74 Å². The van der Waals surface area contributed by atoms with Gasteiger partial charge in [-0.25, -0.2) is 0 Å². The lowest BCUT2D eigenvalue weighted by Crippen LogP contribution is -2.31. The minimum absolute atomic E-state index is 0. The summed E-state index contributed by atoms with van der Waals surface area (Å²) >= 11 is 0. The molecule has 0 fully saturated rings. The normalized spacial score (nSPS) is 9.38. The molecule has 0 atom stereocenters. The molecule has 0 saturated heterocycles. The van der Waals surface area contributed by atoms with Crippen LogP contribution in [0.3, 0.4) is 0 Å². The summed E-state index contributed by atoms with van der Waals surface area (Å²) in [5.74, 6) is -0.0822. The van der Waals surface area contributed by atoms with E-state index >= 15 is 0 Å². The molecule has 1 aromatic heterocycles. The highest BCUT2D eigenvalue weighted by Crippen LogP contribution is 2.11. The fourth-order valence-corrected chi connectivity index (χ4v) is 1.67. The van der Waals surface area contributed by atoms with Gasteiger partial charge in [0.25, 0.3) is 5.91 Å². The number of carbonyl (C=O) groups is 2. The maximum atomic E-state index is 11.8. The van der Waals surface area contributed by atoms with Gasteiger partial charge in [-0.15, -0.1) is 17.0 Å². The molecule has 2 amide bonds. The maximum absolute atomic E-state index is 11.8. The molecule has 21 heavy (non-hydrogen) atoms. The number of aromatic nitrogens is 1. The Bertz CT molecular complexity index is 600. The number of nitrogens with zero attached hydrogens (tertiary/aromatic N) is 1. The van der Waals surface area contributed by atoms with E-state index < -0.39 is 5.91 Å². The van der Waals surface area contributed by atoms with Crippen molar-refractivity contribution in [2.45, 2.75) is 6.42 Å². The number of methoxy groups -OCH3 is 1. The molecule has 0 saturated carbocycles. The molecular weight excluding hydrogens is 336 g/mol. The topological polar surface area (TPSA) is 68.3 Å². The maximum Gasteiger partial charge on any atom is 0.259 e. The largest absolute Gasteiger partial charge is 0.497 e. The van der Waals surface area contributed by atoms with Crippen molar-refractivity contribution in [1.82, 2.24) is 10.3 Å². The van der Waals surface area contributed by atoms with Crippen molar-refractivity contribution in [3.63, 3.8) is 0 Å². The first-order valence-corrected chi connectivity index (χ1v) is 6.06. The Labute approximate surface area is 133 Å². The van der Waals surface area contributed by atoms with E-state index in [4.69, 9.17) is 4.74 Å². The van der Waals surface area contributed by atoms with Crippen LogP contribution in [0.5, 0.6) is 5.75 Å². The average molecular weight is 351 g/mol. The van der Waals surface area contributed by atoms with Crippen LogP contribution in [0.15, 0.2) is 48.8 Å². The summed E-state index contributed by atoms with van der Waals surface area (Å²) in [6, 6.07) is 10.4. The van der Waals surface area contributed by atoms with Gasteiger partial charge in [-0.3, -0.25) is 19.9 Å². The quantitative estimate of drug-likeness (QED) is 0.917. The molecule has 110 valence electrons. The van der Waals surface area contributed by atoms with Crippen molar-refractivity contribution in [1.29, 1.82) is 0 Å². The molecule has 2 rings (SSSR count). The third-order valence-electron chi connectivity index (χ3n) is 2.70. The monoisotopic (exact) mass is 350 g/mol. The Balaban J connectivity index is 0.00000220. The van der Waals surface area contributed by atoms with Gasteiger partial charge in [0.2, 0.25) is 5.91 Å². The molecule has 5 nitrogen and oxygen atoms in total. The fraction of sp³-hybridized carbons (Fsp3) is 0.133. The molecule has 1 aromatic carbocycles. The second-order valence-corrected chi connectivity index (χ2v) is 4.14. The van der Waals surface area contributed by atoms with E-state index in [1.165, 1.54) is 6.20 Å². The highest BCUT2D eigenvalue weighted by molar-refractivity contribution is 8.93. The minimum Gasteiger partial charge on any atom is -0.497 e. The van der Waals surface area contributed by atoms with E-state index in [0.717, 1.165) is 11.3 Å². The smallest absolute Gasteiger partial charge is 0.259 e. The predicted octanol–water partition coefficient (Wildman–Crippen LogP) is 2.17. The van der Waals surface area contributed by atoms with Gasteiger partial charge in [0.15, 0.2) is 0 Å². The lowest BCUT2D eigenvalue weighted by molar-refractivity contribution is -0.119. The molecule has 1 heterocycles. The Morgan fingerprint density at radius 2 is 1.90 bits per heavy atom. The van der Waals surface area contributed by atoms with Crippen molar-refractivity contribution in [2.75, 3.05) is 7.11 Å². The second-order valence-electron chi connectivity index (χ2n) is 4.14. The molecule has 0 radical (unpaired) electrons. The lowest BCUT2D eigenvalue weighted by atomic mass is 10.1. The fourth-order valence-electron chi connectivity index (χ4n) is 1.67. The number of rotatable bonds is 4.